The van der Waals surface area contributed by atoms with E-state index in [4.69, 9.17) is 0 Å². The summed E-state index contributed by atoms with van der Waals surface area (Å²) in [5.74, 6) is -0.00206. The summed E-state index contributed by atoms with van der Waals surface area (Å²) in [6, 6.07) is 20.6. The molecule has 0 aliphatic rings. The third-order valence-electron chi connectivity index (χ3n) is 5.19. The van der Waals surface area contributed by atoms with E-state index in [1.807, 2.05) is 29.2 Å². The molecule has 0 aliphatic heterocycles. The van der Waals surface area contributed by atoms with Gasteiger partial charge in [0.15, 0.2) is 5.65 Å². The SMILES string of the molecule is CCCN(CCC)C(=O)c1cnn2c(-c3ccc(-c4ccccc4)cc3)ccnc12. The lowest BCUT2D eigenvalue weighted by Crippen LogP contribution is -2.32. The van der Waals surface area contributed by atoms with Crippen LogP contribution in [0, 0.1) is 0 Å². The number of rotatable bonds is 7. The Morgan fingerprint density at radius 3 is 2.17 bits per heavy atom. The number of carbonyl (C=O) groups excluding carboxylic acids is 1. The minimum Gasteiger partial charge on any atom is -0.339 e. The Kier molecular flexibility index (Phi) is 5.89. The van der Waals surface area contributed by atoms with Crippen molar-refractivity contribution in [1.82, 2.24) is 19.5 Å². The van der Waals surface area contributed by atoms with Crippen LogP contribution in [0.4, 0.5) is 0 Å². The van der Waals surface area contributed by atoms with E-state index in [1.165, 1.54) is 5.56 Å². The fraction of sp³-hybridized carbons (Fsp3) is 0.240. The summed E-state index contributed by atoms with van der Waals surface area (Å²) in [4.78, 5) is 19.4. The minimum absolute atomic E-state index is 0.00206. The van der Waals surface area contributed by atoms with E-state index in [-0.39, 0.29) is 5.91 Å². The number of amides is 1. The van der Waals surface area contributed by atoms with E-state index in [9.17, 15) is 4.79 Å². The molecular weight excluding hydrogens is 372 g/mol. The number of benzene rings is 2. The number of nitrogens with zero attached hydrogens (tertiary/aromatic N) is 4. The predicted molar refractivity (Wildman–Crippen MR) is 120 cm³/mol. The molecule has 4 rings (SSSR count). The van der Waals surface area contributed by atoms with Crippen molar-refractivity contribution in [2.24, 2.45) is 0 Å². The Hall–Kier alpha value is -3.47. The third kappa shape index (κ3) is 3.83. The van der Waals surface area contributed by atoms with Crippen molar-refractivity contribution < 1.29 is 4.79 Å². The van der Waals surface area contributed by atoms with E-state index >= 15 is 0 Å². The number of aromatic nitrogens is 3. The highest BCUT2D eigenvalue weighted by atomic mass is 16.2. The molecule has 0 bridgehead atoms. The molecule has 5 heteroatoms. The molecule has 2 aromatic carbocycles. The normalized spacial score (nSPS) is 11.0. The van der Waals surface area contributed by atoms with Crippen LogP contribution in [-0.2, 0) is 0 Å². The van der Waals surface area contributed by atoms with Gasteiger partial charge in [0, 0.05) is 24.8 Å². The van der Waals surface area contributed by atoms with Gasteiger partial charge in [-0.05, 0) is 30.0 Å². The smallest absolute Gasteiger partial charge is 0.259 e. The van der Waals surface area contributed by atoms with Gasteiger partial charge in [-0.3, -0.25) is 4.79 Å². The lowest BCUT2D eigenvalue weighted by molar-refractivity contribution is 0.0757. The molecule has 30 heavy (non-hydrogen) atoms. The maximum atomic E-state index is 13.1. The van der Waals surface area contributed by atoms with Gasteiger partial charge >= 0.3 is 0 Å². The minimum atomic E-state index is -0.00206. The highest BCUT2D eigenvalue weighted by molar-refractivity contribution is 6.00. The molecule has 2 heterocycles. The van der Waals surface area contributed by atoms with Crippen molar-refractivity contribution in [3.8, 4) is 22.4 Å². The summed E-state index contributed by atoms with van der Waals surface area (Å²) >= 11 is 0. The van der Waals surface area contributed by atoms with E-state index in [0.717, 1.165) is 42.8 Å². The Bertz CT molecular complexity index is 1130. The summed E-state index contributed by atoms with van der Waals surface area (Å²) in [6.07, 6.45) is 5.25. The van der Waals surface area contributed by atoms with E-state index < -0.39 is 0 Å². The molecule has 0 saturated heterocycles. The zero-order valence-electron chi connectivity index (χ0n) is 17.5. The van der Waals surface area contributed by atoms with Crippen LogP contribution < -0.4 is 0 Å². The van der Waals surface area contributed by atoms with Gasteiger partial charge in [-0.25, -0.2) is 9.50 Å². The van der Waals surface area contributed by atoms with Gasteiger partial charge in [0.05, 0.1) is 11.9 Å². The van der Waals surface area contributed by atoms with E-state index in [1.54, 1.807) is 16.9 Å². The molecule has 152 valence electrons. The molecule has 0 aliphatic carbocycles. The second-order valence-corrected chi connectivity index (χ2v) is 7.36. The van der Waals surface area contributed by atoms with Gasteiger partial charge in [0.25, 0.3) is 5.91 Å². The molecule has 0 atom stereocenters. The van der Waals surface area contributed by atoms with Gasteiger partial charge < -0.3 is 4.90 Å². The van der Waals surface area contributed by atoms with Crippen LogP contribution in [0.3, 0.4) is 0 Å². The Morgan fingerprint density at radius 1 is 0.867 bits per heavy atom. The standard InChI is InChI=1S/C25H26N4O/c1-3-16-28(17-4-2)25(30)22-18-27-29-23(14-15-26-24(22)29)21-12-10-20(11-13-21)19-8-6-5-7-9-19/h5-15,18H,3-4,16-17H2,1-2H3. The van der Waals surface area contributed by atoms with Crippen LogP contribution in [0.25, 0.3) is 28.0 Å². The Morgan fingerprint density at radius 2 is 1.50 bits per heavy atom. The molecule has 2 aromatic heterocycles. The Balaban J connectivity index is 1.69. The van der Waals surface area contributed by atoms with Crippen LogP contribution in [0.5, 0.6) is 0 Å². The number of hydrogen-bond donors (Lipinski definition) is 0. The zero-order valence-corrected chi connectivity index (χ0v) is 17.5. The largest absolute Gasteiger partial charge is 0.339 e. The van der Waals surface area contributed by atoms with E-state index in [2.05, 4.69) is 60.3 Å². The maximum absolute atomic E-state index is 13.1. The topological polar surface area (TPSA) is 50.5 Å². The first-order valence-electron chi connectivity index (χ1n) is 10.5. The lowest BCUT2D eigenvalue weighted by atomic mass is 10.0. The molecule has 0 fully saturated rings. The van der Waals surface area contributed by atoms with Crippen molar-refractivity contribution in [3.05, 3.63) is 78.6 Å². The zero-order chi connectivity index (χ0) is 20.9. The molecular formula is C25H26N4O. The monoisotopic (exact) mass is 398 g/mol. The molecule has 4 aromatic rings. The highest BCUT2D eigenvalue weighted by Crippen LogP contribution is 2.25. The summed E-state index contributed by atoms with van der Waals surface area (Å²) in [5.41, 5.74) is 5.44. The quantitative estimate of drug-likeness (QED) is 0.423. The van der Waals surface area contributed by atoms with Gasteiger partial charge in [-0.2, -0.15) is 5.10 Å². The van der Waals surface area contributed by atoms with Gasteiger partial charge in [0.1, 0.15) is 5.56 Å². The van der Waals surface area contributed by atoms with Crippen molar-refractivity contribution in [1.29, 1.82) is 0 Å². The molecule has 5 nitrogen and oxygen atoms in total. The second kappa shape index (κ2) is 8.91. The molecule has 0 spiro atoms. The number of fused-ring (bicyclic) bond motifs is 1. The first kappa shape index (κ1) is 19.8. The number of hydrogen-bond acceptors (Lipinski definition) is 3. The molecule has 0 unspecified atom stereocenters. The average Bonchev–Trinajstić information content (AvgIpc) is 3.23. The molecule has 0 radical (unpaired) electrons. The fourth-order valence-electron chi connectivity index (χ4n) is 3.75. The van der Waals surface area contributed by atoms with Crippen molar-refractivity contribution in [3.63, 3.8) is 0 Å². The summed E-state index contributed by atoms with van der Waals surface area (Å²) in [5, 5.41) is 4.51. The highest BCUT2D eigenvalue weighted by Gasteiger charge is 2.20. The lowest BCUT2D eigenvalue weighted by Gasteiger charge is -2.20. The second-order valence-electron chi connectivity index (χ2n) is 7.36. The van der Waals surface area contributed by atoms with Crippen LogP contribution in [0.2, 0.25) is 0 Å². The summed E-state index contributed by atoms with van der Waals surface area (Å²) in [6.45, 7) is 5.65. The fourth-order valence-corrected chi connectivity index (χ4v) is 3.75. The van der Waals surface area contributed by atoms with Crippen LogP contribution >= 0.6 is 0 Å². The predicted octanol–water partition coefficient (Wildman–Crippen LogP) is 5.33. The molecule has 1 amide bonds. The molecule has 0 saturated carbocycles. The van der Waals surface area contributed by atoms with E-state index in [0.29, 0.717) is 11.2 Å². The maximum Gasteiger partial charge on any atom is 0.259 e. The summed E-state index contributed by atoms with van der Waals surface area (Å²) < 4.78 is 1.76. The Labute approximate surface area is 177 Å². The van der Waals surface area contributed by atoms with Gasteiger partial charge in [-0.15, -0.1) is 0 Å². The summed E-state index contributed by atoms with van der Waals surface area (Å²) in [7, 11) is 0. The van der Waals surface area contributed by atoms with Crippen LogP contribution in [0.15, 0.2) is 73.1 Å². The van der Waals surface area contributed by atoms with Crippen molar-refractivity contribution in [2.45, 2.75) is 26.7 Å². The first-order valence-corrected chi connectivity index (χ1v) is 10.5. The average molecular weight is 399 g/mol. The first-order chi connectivity index (χ1) is 14.7. The van der Waals surface area contributed by atoms with Crippen molar-refractivity contribution in [2.75, 3.05) is 13.1 Å². The molecule has 0 N–H and O–H groups in total. The van der Waals surface area contributed by atoms with Gasteiger partial charge in [-0.1, -0.05) is 68.4 Å². The van der Waals surface area contributed by atoms with Gasteiger partial charge in [0.2, 0.25) is 0 Å². The third-order valence-corrected chi connectivity index (χ3v) is 5.19. The van der Waals surface area contributed by atoms with Crippen LogP contribution in [0.1, 0.15) is 37.0 Å². The van der Waals surface area contributed by atoms with Crippen molar-refractivity contribution >= 4 is 11.6 Å². The number of carbonyl (C=O) groups is 1. The van der Waals surface area contributed by atoms with Crippen LogP contribution in [-0.4, -0.2) is 38.5 Å².